The molecule has 2 rings (SSSR count). The third-order valence-corrected chi connectivity index (χ3v) is 5.56. The van der Waals surface area contributed by atoms with E-state index in [0.717, 1.165) is 29.7 Å². The third kappa shape index (κ3) is 11.7. The molecule has 0 aromatic heterocycles. The first-order chi connectivity index (χ1) is 15.8. The molecule has 1 amide bonds. The first kappa shape index (κ1) is 25.6. The number of hydrogen-bond donors (Lipinski definition) is 1. The number of nitrogens with one attached hydrogen (secondary N) is 1. The average Bonchev–Trinajstić information content (AvgIpc) is 2.82. The Morgan fingerprint density at radius 3 is 2.09 bits per heavy atom. The summed E-state index contributed by atoms with van der Waals surface area (Å²) in [6.07, 6.45) is 16.3. The fourth-order valence-corrected chi connectivity index (χ4v) is 3.63. The van der Waals surface area contributed by atoms with Gasteiger partial charge in [0.05, 0.1) is 6.21 Å². The molecule has 0 aliphatic carbocycles. The minimum Gasteiger partial charge on any atom is -0.488 e. The Morgan fingerprint density at radius 1 is 0.812 bits per heavy atom. The van der Waals surface area contributed by atoms with Crippen molar-refractivity contribution in [2.75, 3.05) is 0 Å². The van der Waals surface area contributed by atoms with Crippen molar-refractivity contribution in [1.82, 2.24) is 5.43 Å². The molecule has 0 atom stereocenters. The lowest BCUT2D eigenvalue weighted by atomic mass is 10.1. The van der Waals surface area contributed by atoms with E-state index in [1.807, 2.05) is 54.6 Å². The molecule has 0 fully saturated rings. The van der Waals surface area contributed by atoms with E-state index in [-0.39, 0.29) is 5.91 Å². The van der Waals surface area contributed by atoms with Crippen LogP contribution in [-0.4, -0.2) is 12.1 Å². The Balaban J connectivity index is 1.56. The van der Waals surface area contributed by atoms with Crippen LogP contribution in [-0.2, 0) is 11.4 Å². The van der Waals surface area contributed by atoms with Crippen molar-refractivity contribution in [3.8, 4) is 5.75 Å². The zero-order valence-electron chi connectivity index (χ0n) is 19.7. The van der Waals surface area contributed by atoms with Crippen molar-refractivity contribution in [2.24, 2.45) is 5.10 Å². The molecular weight excluding hydrogens is 396 g/mol. The zero-order valence-corrected chi connectivity index (χ0v) is 19.7. The number of carbonyl (C=O) groups excluding carboxylic acids is 1. The summed E-state index contributed by atoms with van der Waals surface area (Å²) in [5.41, 5.74) is 4.60. The van der Waals surface area contributed by atoms with Crippen LogP contribution in [0.2, 0.25) is 0 Å². The van der Waals surface area contributed by atoms with Crippen LogP contribution < -0.4 is 10.2 Å². The molecule has 0 spiro atoms. The van der Waals surface area contributed by atoms with Gasteiger partial charge in [-0.2, -0.15) is 5.10 Å². The van der Waals surface area contributed by atoms with Gasteiger partial charge in [0.2, 0.25) is 5.91 Å². The van der Waals surface area contributed by atoms with Gasteiger partial charge in [-0.25, -0.2) is 5.43 Å². The Morgan fingerprint density at radius 2 is 1.41 bits per heavy atom. The van der Waals surface area contributed by atoms with Gasteiger partial charge in [0.1, 0.15) is 12.4 Å². The number of rotatable bonds is 17. The van der Waals surface area contributed by atoms with Crippen LogP contribution in [0.5, 0.6) is 5.75 Å². The number of ether oxygens (including phenoxy) is 1. The minimum absolute atomic E-state index is 0.0279. The lowest BCUT2D eigenvalue weighted by molar-refractivity contribution is -0.121. The molecule has 1 N–H and O–H groups in total. The number of para-hydroxylation sites is 1. The smallest absolute Gasteiger partial charge is 0.240 e. The maximum atomic E-state index is 12.0. The summed E-state index contributed by atoms with van der Waals surface area (Å²) < 4.78 is 5.92. The van der Waals surface area contributed by atoms with E-state index >= 15 is 0 Å². The van der Waals surface area contributed by atoms with Gasteiger partial charge in [-0.15, -0.1) is 0 Å². The zero-order chi connectivity index (χ0) is 22.7. The monoisotopic (exact) mass is 436 g/mol. The number of hydrazone groups is 1. The first-order valence-electron chi connectivity index (χ1n) is 12.4. The molecule has 0 aliphatic heterocycles. The number of unbranched alkanes of at least 4 members (excludes halogenated alkanes) is 10. The molecule has 0 aliphatic rings. The summed E-state index contributed by atoms with van der Waals surface area (Å²) in [5.74, 6) is 0.722. The van der Waals surface area contributed by atoms with Gasteiger partial charge in [0, 0.05) is 12.0 Å². The fraction of sp³-hybridized carbons (Fsp3) is 0.500. The van der Waals surface area contributed by atoms with Crippen molar-refractivity contribution in [2.45, 2.75) is 90.6 Å². The molecule has 2 aromatic rings. The number of benzene rings is 2. The van der Waals surface area contributed by atoms with E-state index in [2.05, 4.69) is 17.5 Å². The van der Waals surface area contributed by atoms with Gasteiger partial charge >= 0.3 is 0 Å². The van der Waals surface area contributed by atoms with E-state index in [0.29, 0.717) is 13.0 Å². The Kier molecular flexibility index (Phi) is 13.6. The largest absolute Gasteiger partial charge is 0.488 e. The van der Waals surface area contributed by atoms with Crippen LogP contribution in [0.1, 0.15) is 95.1 Å². The molecule has 4 heteroatoms. The van der Waals surface area contributed by atoms with Crippen LogP contribution in [0.15, 0.2) is 59.7 Å². The molecule has 0 radical (unpaired) electrons. The lowest BCUT2D eigenvalue weighted by Crippen LogP contribution is -2.17. The van der Waals surface area contributed by atoms with E-state index in [1.54, 1.807) is 6.21 Å². The highest BCUT2D eigenvalue weighted by Gasteiger charge is 2.03. The molecule has 174 valence electrons. The van der Waals surface area contributed by atoms with E-state index in [9.17, 15) is 4.79 Å². The molecular formula is C28H40N2O2. The van der Waals surface area contributed by atoms with E-state index in [1.165, 1.54) is 57.8 Å². The first-order valence-corrected chi connectivity index (χ1v) is 12.4. The summed E-state index contributed by atoms with van der Waals surface area (Å²) in [6.45, 7) is 2.76. The van der Waals surface area contributed by atoms with Crippen molar-refractivity contribution < 1.29 is 9.53 Å². The Labute approximate surface area is 194 Å². The molecule has 2 aromatic carbocycles. The van der Waals surface area contributed by atoms with E-state index < -0.39 is 0 Å². The number of hydrogen-bond acceptors (Lipinski definition) is 3. The van der Waals surface area contributed by atoms with Crippen molar-refractivity contribution in [3.05, 3.63) is 65.7 Å². The molecule has 4 nitrogen and oxygen atoms in total. The molecule has 0 saturated carbocycles. The highest BCUT2D eigenvalue weighted by atomic mass is 16.5. The second kappa shape index (κ2) is 17.0. The summed E-state index contributed by atoms with van der Waals surface area (Å²) in [5, 5.41) is 4.12. The average molecular weight is 437 g/mol. The predicted molar refractivity (Wildman–Crippen MR) is 134 cm³/mol. The third-order valence-electron chi connectivity index (χ3n) is 5.56. The topological polar surface area (TPSA) is 50.7 Å². The normalized spacial score (nSPS) is 11.0. The molecule has 0 unspecified atom stereocenters. The predicted octanol–water partition coefficient (Wildman–Crippen LogP) is 7.42. The van der Waals surface area contributed by atoms with Crippen molar-refractivity contribution in [3.63, 3.8) is 0 Å². The van der Waals surface area contributed by atoms with Gasteiger partial charge in [0.15, 0.2) is 0 Å². The van der Waals surface area contributed by atoms with Gasteiger partial charge in [-0.1, -0.05) is 114 Å². The number of carbonyl (C=O) groups is 1. The minimum atomic E-state index is -0.0279. The molecule has 0 heterocycles. The van der Waals surface area contributed by atoms with Gasteiger partial charge < -0.3 is 4.74 Å². The van der Waals surface area contributed by atoms with Gasteiger partial charge in [-0.3, -0.25) is 4.79 Å². The highest BCUT2D eigenvalue weighted by Crippen LogP contribution is 2.17. The molecule has 0 bridgehead atoms. The standard InChI is InChI=1S/C28H40N2O2/c1-2-3-4-5-6-7-8-9-10-11-15-22-28(31)30-29-23-26-20-16-17-21-27(26)32-24-25-18-13-12-14-19-25/h12-14,16-21,23H,2-11,15,22,24H2,1H3,(H,30,31). The van der Waals surface area contributed by atoms with Crippen LogP contribution in [0.3, 0.4) is 0 Å². The Bertz CT molecular complexity index is 774. The number of amides is 1. The quantitative estimate of drug-likeness (QED) is 0.159. The van der Waals surface area contributed by atoms with Crippen molar-refractivity contribution >= 4 is 12.1 Å². The fourth-order valence-electron chi connectivity index (χ4n) is 3.63. The maximum absolute atomic E-state index is 12.0. The van der Waals surface area contributed by atoms with Crippen LogP contribution in [0.25, 0.3) is 0 Å². The van der Waals surface area contributed by atoms with Crippen LogP contribution >= 0.6 is 0 Å². The van der Waals surface area contributed by atoms with Crippen molar-refractivity contribution in [1.29, 1.82) is 0 Å². The summed E-state index contributed by atoms with van der Waals surface area (Å²) >= 11 is 0. The second-order valence-corrected chi connectivity index (χ2v) is 8.39. The molecule has 32 heavy (non-hydrogen) atoms. The van der Waals surface area contributed by atoms with E-state index in [4.69, 9.17) is 4.74 Å². The summed E-state index contributed by atoms with van der Waals surface area (Å²) in [4.78, 5) is 12.0. The van der Waals surface area contributed by atoms with Crippen LogP contribution in [0.4, 0.5) is 0 Å². The lowest BCUT2D eigenvalue weighted by Gasteiger charge is -2.09. The Hall–Kier alpha value is -2.62. The SMILES string of the molecule is CCCCCCCCCCCCCC(=O)NN=Cc1ccccc1OCc1ccccc1. The maximum Gasteiger partial charge on any atom is 0.240 e. The molecule has 0 saturated heterocycles. The second-order valence-electron chi connectivity index (χ2n) is 8.39. The highest BCUT2D eigenvalue weighted by molar-refractivity contribution is 5.85. The number of nitrogens with zero attached hydrogens (tertiary/aromatic N) is 1. The summed E-state index contributed by atoms with van der Waals surface area (Å²) in [6, 6.07) is 17.8. The van der Waals surface area contributed by atoms with Crippen LogP contribution in [0, 0.1) is 0 Å². The summed E-state index contributed by atoms with van der Waals surface area (Å²) in [7, 11) is 0. The van der Waals surface area contributed by atoms with Gasteiger partial charge in [-0.05, 0) is 24.1 Å². The van der Waals surface area contributed by atoms with Gasteiger partial charge in [0.25, 0.3) is 0 Å².